The van der Waals surface area contributed by atoms with Gasteiger partial charge in [0, 0.05) is 6.54 Å². The third-order valence-corrected chi connectivity index (χ3v) is 6.63. The number of aromatic hydroxyl groups is 1. The Hall–Kier alpha value is -4.20. The fraction of sp³-hybridized carbons (Fsp3) is 0.556. The van der Waals surface area contributed by atoms with Gasteiger partial charge >= 0.3 is 11.9 Å². The SMILES string of the molecule is CC(C)C[C@H](NC(=O)[C@H](CC(=O)O)NC(=O)[C@@H]1CCCN1C(=O)[C@H](C)NC(=O)[C@@H](N)Cc1ccc(O)cc1)C(=O)O. The Bertz CT molecular complexity index is 1120. The summed E-state index contributed by atoms with van der Waals surface area (Å²) in [5.41, 5.74) is 6.69. The van der Waals surface area contributed by atoms with Crippen molar-refractivity contribution in [2.24, 2.45) is 11.7 Å². The molecule has 1 heterocycles. The summed E-state index contributed by atoms with van der Waals surface area (Å²) >= 11 is 0. The average Bonchev–Trinajstić information content (AvgIpc) is 3.38. The molecule has 1 aliphatic heterocycles. The number of carboxylic acids is 2. The number of nitrogens with zero attached hydrogens (tertiary/aromatic N) is 1. The summed E-state index contributed by atoms with van der Waals surface area (Å²) in [5, 5.41) is 35.3. The molecule has 0 aliphatic carbocycles. The van der Waals surface area contributed by atoms with Crippen LogP contribution < -0.4 is 21.7 Å². The lowest BCUT2D eigenvalue weighted by Crippen LogP contribution is -2.58. The van der Waals surface area contributed by atoms with Crippen LogP contribution in [0.4, 0.5) is 0 Å². The third kappa shape index (κ3) is 10.0. The molecule has 5 atom stereocenters. The van der Waals surface area contributed by atoms with E-state index >= 15 is 0 Å². The third-order valence-electron chi connectivity index (χ3n) is 6.63. The quantitative estimate of drug-likeness (QED) is 0.147. The second-order valence-corrected chi connectivity index (χ2v) is 10.6. The lowest BCUT2D eigenvalue weighted by atomic mass is 10.0. The highest BCUT2D eigenvalue weighted by atomic mass is 16.4. The Morgan fingerprint density at radius 2 is 1.59 bits per heavy atom. The molecular weight excluding hydrogens is 538 g/mol. The number of nitrogens with one attached hydrogen (secondary N) is 3. The minimum atomic E-state index is -1.57. The van der Waals surface area contributed by atoms with Crippen LogP contribution in [0.3, 0.4) is 0 Å². The van der Waals surface area contributed by atoms with Gasteiger partial charge < -0.3 is 41.9 Å². The zero-order valence-corrected chi connectivity index (χ0v) is 23.3. The molecule has 4 amide bonds. The molecule has 1 aliphatic rings. The highest BCUT2D eigenvalue weighted by molar-refractivity contribution is 5.96. The normalized spacial score (nSPS) is 17.7. The minimum Gasteiger partial charge on any atom is -0.508 e. The molecule has 1 aromatic carbocycles. The minimum absolute atomic E-state index is 0.0701. The number of phenolic OH excluding ortho intramolecular Hbond substituents is 1. The molecule has 1 fully saturated rings. The molecule has 1 saturated heterocycles. The van der Waals surface area contributed by atoms with Crippen molar-refractivity contribution >= 4 is 35.6 Å². The standard InChI is InChI=1S/C27H39N5O9/c1-14(2)11-20(27(40)41)31-24(37)19(13-22(34)35)30-25(38)21-5-4-10-32(21)26(39)15(3)29-23(36)18(28)12-16-6-8-17(33)9-7-16/h6-9,14-15,18-21,33H,4-5,10-13,28H2,1-3H3,(H,29,36)(H,30,38)(H,31,37)(H,34,35)(H,40,41)/t15-,18-,19-,20-,21-/m0/s1. The summed E-state index contributed by atoms with van der Waals surface area (Å²) in [7, 11) is 0. The summed E-state index contributed by atoms with van der Waals surface area (Å²) in [5.74, 6) is -5.57. The highest BCUT2D eigenvalue weighted by Gasteiger charge is 2.38. The summed E-state index contributed by atoms with van der Waals surface area (Å²) in [6.45, 7) is 5.17. The van der Waals surface area contributed by atoms with E-state index in [4.69, 9.17) is 5.73 Å². The molecule has 0 spiro atoms. The van der Waals surface area contributed by atoms with Gasteiger partial charge in [0.15, 0.2) is 0 Å². The van der Waals surface area contributed by atoms with E-state index in [2.05, 4.69) is 16.0 Å². The van der Waals surface area contributed by atoms with Crippen LogP contribution in [-0.4, -0.2) is 92.5 Å². The first-order valence-electron chi connectivity index (χ1n) is 13.4. The molecule has 2 rings (SSSR count). The Morgan fingerprint density at radius 3 is 2.15 bits per heavy atom. The number of benzene rings is 1. The van der Waals surface area contributed by atoms with Crippen LogP contribution in [0.25, 0.3) is 0 Å². The number of aliphatic carboxylic acids is 2. The van der Waals surface area contributed by atoms with Crippen LogP contribution in [0.1, 0.15) is 52.0 Å². The van der Waals surface area contributed by atoms with Crippen molar-refractivity contribution in [2.45, 2.75) is 83.1 Å². The van der Waals surface area contributed by atoms with Gasteiger partial charge in [0.05, 0.1) is 12.5 Å². The topological polar surface area (TPSA) is 228 Å². The van der Waals surface area contributed by atoms with Crippen LogP contribution in [0.2, 0.25) is 0 Å². The number of phenols is 1. The van der Waals surface area contributed by atoms with Crippen molar-refractivity contribution in [3.05, 3.63) is 29.8 Å². The van der Waals surface area contributed by atoms with E-state index in [1.165, 1.54) is 24.0 Å². The number of likely N-dealkylation sites (tertiary alicyclic amines) is 1. The Morgan fingerprint density at radius 1 is 0.951 bits per heavy atom. The van der Waals surface area contributed by atoms with Crippen LogP contribution >= 0.6 is 0 Å². The van der Waals surface area contributed by atoms with Gasteiger partial charge in [-0.25, -0.2) is 4.79 Å². The molecule has 8 N–H and O–H groups in total. The van der Waals surface area contributed by atoms with Crippen molar-refractivity contribution in [1.29, 1.82) is 0 Å². The van der Waals surface area contributed by atoms with Gasteiger partial charge in [0.1, 0.15) is 29.9 Å². The summed E-state index contributed by atoms with van der Waals surface area (Å²) in [4.78, 5) is 75.8. The number of rotatable bonds is 14. The molecule has 1 aromatic rings. The van der Waals surface area contributed by atoms with E-state index in [9.17, 15) is 44.1 Å². The number of hydrogen-bond acceptors (Lipinski definition) is 8. The number of carbonyl (C=O) groups is 6. The van der Waals surface area contributed by atoms with Crippen molar-refractivity contribution in [3.63, 3.8) is 0 Å². The van der Waals surface area contributed by atoms with Crippen LogP contribution in [0.5, 0.6) is 5.75 Å². The van der Waals surface area contributed by atoms with E-state index in [0.29, 0.717) is 12.0 Å². The lowest BCUT2D eigenvalue weighted by Gasteiger charge is -2.29. The zero-order valence-electron chi connectivity index (χ0n) is 23.3. The number of amides is 4. The largest absolute Gasteiger partial charge is 0.508 e. The van der Waals surface area contributed by atoms with Crippen molar-refractivity contribution < 1.29 is 44.1 Å². The van der Waals surface area contributed by atoms with Gasteiger partial charge in [-0.15, -0.1) is 0 Å². The van der Waals surface area contributed by atoms with Gasteiger partial charge in [-0.1, -0.05) is 26.0 Å². The maximum atomic E-state index is 13.2. The molecule has 0 unspecified atom stereocenters. The van der Waals surface area contributed by atoms with Gasteiger partial charge in [-0.3, -0.25) is 24.0 Å². The highest BCUT2D eigenvalue weighted by Crippen LogP contribution is 2.19. The second-order valence-electron chi connectivity index (χ2n) is 10.6. The van der Waals surface area contributed by atoms with E-state index in [1.807, 2.05) is 0 Å². The number of carbonyl (C=O) groups excluding carboxylic acids is 4. The fourth-order valence-corrected chi connectivity index (χ4v) is 4.53. The van der Waals surface area contributed by atoms with Crippen LogP contribution in [0, 0.1) is 5.92 Å². The summed E-state index contributed by atoms with van der Waals surface area (Å²) < 4.78 is 0. The van der Waals surface area contributed by atoms with Gasteiger partial charge in [0.25, 0.3) is 0 Å². The summed E-state index contributed by atoms with van der Waals surface area (Å²) in [6.07, 6.45) is 0.162. The predicted molar refractivity (Wildman–Crippen MR) is 145 cm³/mol. The smallest absolute Gasteiger partial charge is 0.326 e. The van der Waals surface area contributed by atoms with E-state index < -0.39 is 72.2 Å². The Labute approximate surface area is 237 Å². The Balaban J connectivity index is 2.04. The van der Waals surface area contributed by atoms with E-state index in [0.717, 1.165) is 0 Å². The first kappa shape index (κ1) is 33.0. The molecule has 41 heavy (non-hydrogen) atoms. The molecule has 0 bridgehead atoms. The van der Waals surface area contributed by atoms with Gasteiger partial charge in [-0.2, -0.15) is 0 Å². The molecule has 14 nitrogen and oxygen atoms in total. The number of hydrogen-bond donors (Lipinski definition) is 7. The first-order chi connectivity index (χ1) is 19.2. The van der Waals surface area contributed by atoms with Crippen molar-refractivity contribution in [2.75, 3.05) is 6.54 Å². The number of carboxylic acid groups (broad SMARTS) is 2. The predicted octanol–water partition coefficient (Wildman–Crippen LogP) is -0.667. The van der Waals surface area contributed by atoms with Gasteiger partial charge in [-0.05, 0) is 56.2 Å². The van der Waals surface area contributed by atoms with E-state index in [1.54, 1.807) is 26.0 Å². The van der Waals surface area contributed by atoms with Crippen molar-refractivity contribution in [1.82, 2.24) is 20.9 Å². The molecular formula is C27H39N5O9. The fourth-order valence-electron chi connectivity index (χ4n) is 4.53. The second kappa shape index (κ2) is 15.0. The Kier molecular flexibility index (Phi) is 12.1. The van der Waals surface area contributed by atoms with Crippen molar-refractivity contribution in [3.8, 4) is 5.75 Å². The molecule has 0 aromatic heterocycles. The lowest BCUT2D eigenvalue weighted by molar-refractivity contribution is -0.145. The molecule has 226 valence electrons. The van der Waals surface area contributed by atoms with Crippen LogP contribution in [-0.2, 0) is 35.2 Å². The first-order valence-corrected chi connectivity index (χ1v) is 13.4. The maximum Gasteiger partial charge on any atom is 0.326 e. The maximum absolute atomic E-state index is 13.2. The van der Waals surface area contributed by atoms with E-state index in [-0.39, 0.29) is 37.5 Å². The molecule has 0 saturated carbocycles. The molecule has 14 heteroatoms. The zero-order chi connectivity index (χ0) is 30.9. The van der Waals surface area contributed by atoms with Gasteiger partial charge in [0.2, 0.25) is 23.6 Å². The average molecular weight is 578 g/mol. The number of nitrogens with two attached hydrogens (primary N) is 1. The van der Waals surface area contributed by atoms with Crippen LogP contribution in [0.15, 0.2) is 24.3 Å². The monoisotopic (exact) mass is 577 g/mol. The summed E-state index contributed by atoms with van der Waals surface area (Å²) in [6, 6.07) is 0.287. The molecule has 0 radical (unpaired) electrons.